The van der Waals surface area contributed by atoms with E-state index in [4.69, 9.17) is 5.11 Å². The first-order chi connectivity index (χ1) is 10.1. The number of aromatic carboxylic acids is 1. The van der Waals surface area contributed by atoms with Crippen molar-refractivity contribution in [1.82, 2.24) is 25.2 Å². The monoisotopic (exact) mass is 289 g/mol. The number of nitrogens with zero attached hydrogens (tertiary/aromatic N) is 3. The summed E-state index contributed by atoms with van der Waals surface area (Å²) in [5, 5.41) is 14.1. The third-order valence-corrected chi connectivity index (χ3v) is 2.82. The molecule has 0 atom stereocenters. The number of aromatic nitrogens is 3. The summed E-state index contributed by atoms with van der Waals surface area (Å²) in [7, 11) is 1.84. The van der Waals surface area contributed by atoms with Gasteiger partial charge in [-0.2, -0.15) is 0 Å². The number of nitrogens with one attached hydrogen (secondary N) is 2. The Kier molecular flexibility index (Phi) is 4.50. The van der Waals surface area contributed by atoms with Crippen LogP contribution in [-0.2, 0) is 20.1 Å². The number of pyridine rings is 1. The van der Waals surface area contributed by atoms with Crippen molar-refractivity contribution < 1.29 is 14.7 Å². The third kappa shape index (κ3) is 4.03. The molecule has 0 saturated heterocycles. The van der Waals surface area contributed by atoms with Crippen LogP contribution in [0.5, 0.6) is 0 Å². The minimum atomic E-state index is -1.03. The third-order valence-electron chi connectivity index (χ3n) is 2.82. The minimum absolute atomic E-state index is 0.134. The zero-order chi connectivity index (χ0) is 15.2. The molecule has 3 N–H and O–H groups in total. The van der Waals surface area contributed by atoms with Crippen LogP contribution in [0.3, 0.4) is 0 Å². The molecule has 0 aliphatic rings. The fourth-order valence-corrected chi connectivity index (χ4v) is 1.67. The van der Waals surface area contributed by atoms with Crippen LogP contribution in [-0.4, -0.2) is 31.6 Å². The second kappa shape index (κ2) is 6.51. The Labute approximate surface area is 120 Å². The Morgan fingerprint density at radius 1 is 1.24 bits per heavy atom. The van der Waals surface area contributed by atoms with Gasteiger partial charge in [0.15, 0.2) is 0 Å². The Bertz CT molecular complexity index is 653. The van der Waals surface area contributed by atoms with Crippen molar-refractivity contribution in [2.75, 3.05) is 0 Å². The van der Waals surface area contributed by atoms with Gasteiger partial charge in [-0.3, -0.25) is 4.98 Å². The highest BCUT2D eigenvalue weighted by molar-refractivity contribution is 5.87. The molecule has 0 aliphatic carbocycles. The first kappa shape index (κ1) is 14.5. The van der Waals surface area contributed by atoms with Gasteiger partial charge in [0.1, 0.15) is 5.82 Å². The number of imidazole rings is 1. The van der Waals surface area contributed by atoms with Crippen LogP contribution in [0, 0.1) is 0 Å². The number of carbonyl (C=O) groups excluding carboxylic acids is 1. The average molecular weight is 289 g/mol. The molecule has 2 rings (SSSR count). The summed E-state index contributed by atoms with van der Waals surface area (Å²) in [5.41, 5.74) is 0.609. The molecule has 8 nitrogen and oxygen atoms in total. The summed E-state index contributed by atoms with van der Waals surface area (Å²) in [6.07, 6.45) is 4.83. The van der Waals surface area contributed by atoms with E-state index in [9.17, 15) is 9.59 Å². The van der Waals surface area contributed by atoms with Crippen molar-refractivity contribution >= 4 is 12.0 Å². The van der Waals surface area contributed by atoms with Crippen LogP contribution < -0.4 is 10.6 Å². The lowest BCUT2D eigenvalue weighted by Gasteiger charge is -2.07. The number of aryl methyl sites for hydroxylation is 1. The van der Waals surface area contributed by atoms with Crippen LogP contribution in [0.25, 0.3) is 0 Å². The molecule has 0 aromatic carbocycles. The largest absolute Gasteiger partial charge is 0.478 e. The van der Waals surface area contributed by atoms with E-state index < -0.39 is 5.97 Å². The highest BCUT2D eigenvalue weighted by atomic mass is 16.4. The maximum Gasteiger partial charge on any atom is 0.335 e. The van der Waals surface area contributed by atoms with E-state index in [1.54, 1.807) is 17.0 Å². The summed E-state index contributed by atoms with van der Waals surface area (Å²) < 4.78 is 1.80. The molecule has 21 heavy (non-hydrogen) atoms. The number of carbonyl (C=O) groups is 2. The zero-order valence-corrected chi connectivity index (χ0v) is 11.4. The second-order valence-corrected chi connectivity index (χ2v) is 4.33. The number of hydrogen-bond acceptors (Lipinski definition) is 4. The van der Waals surface area contributed by atoms with Crippen LogP contribution in [0.2, 0.25) is 0 Å². The molecule has 2 heterocycles. The summed E-state index contributed by atoms with van der Waals surface area (Å²) in [6.45, 7) is 0.450. The van der Waals surface area contributed by atoms with E-state index in [1.807, 2.05) is 7.05 Å². The molecular weight excluding hydrogens is 274 g/mol. The fraction of sp³-hybridized carbons (Fsp3) is 0.231. The highest BCUT2D eigenvalue weighted by Crippen LogP contribution is 2.01. The Balaban J connectivity index is 1.82. The molecule has 2 aromatic rings. The van der Waals surface area contributed by atoms with Gasteiger partial charge in [0.2, 0.25) is 0 Å². The summed E-state index contributed by atoms with van der Waals surface area (Å²) in [4.78, 5) is 30.5. The normalized spacial score (nSPS) is 10.1. The van der Waals surface area contributed by atoms with Gasteiger partial charge >= 0.3 is 12.0 Å². The lowest BCUT2D eigenvalue weighted by molar-refractivity contribution is 0.0696. The van der Waals surface area contributed by atoms with Gasteiger partial charge in [-0.15, -0.1) is 0 Å². The standard InChI is InChI=1S/C13H15N5O3/c1-18-5-4-15-11(18)8-17-13(21)16-7-10-6-9(12(19)20)2-3-14-10/h2-6H,7-8H2,1H3,(H,19,20)(H2,16,17,21). The van der Waals surface area contributed by atoms with Crippen molar-refractivity contribution in [1.29, 1.82) is 0 Å². The van der Waals surface area contributed by atoms with E-state index in [0.717, 1.165) is 5.82 Å². The van der Waals surface area contributed by atoms with Crippen LogP contribution >= 0.6 is 0 Å². The zero-order valence-electron chi connectivity index (χ0n) is 11.4. The molecule has 0 spiro atoms. The van der Waals surface area contributed by atoms with E-state index in [0.29, 0.717) is 12.2 Å². The van der Waals surface area contributed by atoms with Gasteiger partial charge in [-0.1, -0.05) is 0 Å². The quantitative estimate of drug-likeness (QED) is 0.743. The molecule has 0 bridgehead atoms. The molecule has 110 valence electrons. The van der Waals surface area contributed by atoms with Gasteiger partial charge < -0.3 is 20.3 Å². The smallest absolute Gasteiger partial charge is 0.335 e. The van der Waals surface area contributed by atoms with Gasteiger partial charge in [0, 0.05) is 25.6 Å². The maximum atomic E-state index is 11.6. The molecule has 0 unspecified atom stereocenters. The number of hydrogen-bond donors (Lipinski definition) is 3. The Morgan fingerprint density at radius 2 is 2.00 bits per heavy atom. The van der Waals surface area contributed by atoms with E-state index in [-0.39, 0.29) is 18.1 Å². The molecule has 0 saturated carbocycles. The lowest BCUT2D eigenvalue weighted by Crippen LogP contribution is -2.35. The first-order valence-corrected chi connectivity index (χ1v) is 6.22. The van der Waals surface area contributed by atoms with Crippen molar-refractivity contribution in [2.24, 2.45) is 7.05 Å². The van der Waals surface area contributed by atoms with Crippen LogP contribution in [0.15, 0.2) is 30.7 Å². The topological polar surface area (TPSA) is 109 Å². The second-order valence-electron chi connectivity index (χ2n) is 4.33. The maximum absolute atomic E-state index is 11.6. The molecule has 8 heteroatoms. The average Bonchev–Trinajstić information content (AvgIpc) is 2.88. The van der Waals surface area contributed by atoms with Gasteiger partial charge in [0.05, 0.1) is 24.3 Å². The van der Waals surface area contributed by atoms with Crippen molar-refractivity contribution in [3.05, 3.63) is 47.8 Å². The number of carboxylic acid groups (broad SMARTS) is 1. The molecule has 0 fully saturated rings. The summed E-state index contributed by atoms with van der Waals surface area (Å²) in [5.74, 6) is -0.297. The fourth-order valence-electron chi connectivity index (χ4n) is 1.67. The number of urea groups is 1. The SMILES string of the molecule is Cn1ccnc1CNC(=O)NCc1cc(C(=O)O)ccn1. The van der Waals surface area contributed by atoms with E-state index in [2.05, 4.69) is 20.6 Å². The summed E-state index contributed by atoms with van der Waals surface area (Å²) >= 11 is 0. The number of rotatable bonds is 5. The van der Waals surface area contributed by atoms with Crippen LogP contribution in [0.1, 0.15) is 21.9 Å². The highest BCUT2D eigenvalue weighted by Gasteiger charge is 2.06. The van der Waals surface area contributed by atoms with Gasteiger partial charge in [0.25, 0.3) is 0 Å². The minimum Gasteiger partial charge on any atom is -0.478 e. The van der Waals surface area contributed by atoms with E-state index >= 15 is 0 Å². The van der Waals surface area contributed by atoms with Gasteiger partial charge in [-0.05, 0) is 12.1 Å². The van der Waals surface area contributed by atoms with E-state index in [1.165, 1.54) is 18.3 Å². The van der Waals surface area contributed by atoms with Crippen molar-refractivity contribution in [2.45, 2.75) is 13.1 Å². The predicted molar refractivity (Wildman–Crippen MR) is 73.5 cm³/mol. The molecule has 0 radical (unpaired) electrons. The molecule has 0 aliphatic heterocycles. The van der Waals surface area contributed by atoms with Gasteiger partial charge in [-0.25, -0.2) is 14.6 Å². The summed E-state index contributed by atoms with van der Waals surface area (Å²) in [6, 6.07) is 2.44. The van der Waals surface area contributed by atoms with Crippen molar-refractivity contribution in [3.63, 3.8) is 0 Å². The predicted octanol–water partition coefficient (Wildman–Crippen LogP) is 0.513. The lowest BCUT2D eigenvalue weighted by atomic mass is 10.2. The first-order valence-electron chi connectivity index (χ1n) is 6.22. The number of carboxylic acids is 1. The Hall–Kier alpha value is -2.90. The van der Waals surface area contributed by atoms with Crippen LogP contribution in [0.4, 0.5) is 4.79 Å². The Morgan fingerprint density at radius 3 is 2.67 bits per heavy atom. The molecular formula is C13H15N5O3. The van der Waals surface area contributed by atoms with Crippen molar-refractivity contribution in [3.8, 4) is 0 Å². The number of amides is 2. The molecule has 2 amide bonds. The molecule has 2 aromatic heterocycles.